The zero-order chi connectivity index (χ0) is 32.7. The quantitative estimate of drug-likeness (QED) is 0.148. The smallest absolute Gasteiger partial charge is 0.352 e. The molecule has 0 bridgehead atoms. The first-order valence-electron chi connectivity index (χ1n) is 15.3. The molecule has 11 heteroatoms. The molecule has 3 heterocycles. The average molecular weight is 625 g/mol. The van der Waals surface area contributed by atoms with Crippen LogP contribution >= 0.6 is 0 Å². The normalized spacial score (nSPS) is 14.1. The van der Waals surface area contributed by atoms with Crippen molar-refractivity contribution in [2.45, 2.75) is 64.0 Å². The van der Waals surface area contributed by atoms with Crippen molar-refractivity contribution in [3.8, 4) is 11.3 Å². The van der Waals surface area contributed by atoms with Crippen LogP contribution in [0.15, 0.2) is 65.5 Å². The van der Waals surface area contributed by atoms with Gasteiger partial charge in [-0.1, -0.05) is 25.3 Å². The minimum atomic E-state index is -1.33. The zero-order valence-corrected chi connectivity index (χ0v) is 25.9. The molecule has 0 aliphatic heterocycles. The monoisotopic (exact) mass is 624 g/mol. The number of furan rings is 1. The number of hydrogen-bond donors (Lipinski definition) is 4. The Morgan fingerprint density at radius 1 is 0.935 bits per heavy atom. The highest BCUT2D eigenvalue weighted by molar-refractivity contribution is 6.03. The van der Waals surface area contributed by atoms with E-state index in [0.717, 1.165) is 47.9 Å². The van der Waals surface area contributed by atoms with Crippen molar-refractivity contribution in [1.82, 2.24) is 14.5 Å². The Hall–Kier alpha value is -5.32. The van der Waals surface area contributed by atoms with Gasteiger partial charge in [0.15, 0.2) is 0 Å². The van der Waals surface area contributed by atoms with E-state index in [2.05, 4.69) is 10.6 Å². The van der Waals surface area contributed by atoms with E-state index in [1.165, 1.54) is 12.5 Å². The molecule has 1 aliphatic carbocycles. The van der Waals surface area contributed by atoms with E-state index >= 15 is 0 Å². The summed E-state index contributed by atoms with van der Waals surface area (Å²) in [6.07, 6.45) is 8.56. The number of anilines is 1. The Balaban J connectivity index is 1.31. The predicted molar refractivity (Wildman–Crippen MR) is 173 cm³/mol. The molecule has 6 rings (SSSR count). The van der Waals surface area contributed by atoms with Crippen LogP contribution < -0.4 is 10.6 Å². The number of aromatic nitrogens is 2. The minimum Gasteiger partial charge on any atom is -0.478 e. The third-order valence-corrected chi connectivity index (χ3v) is 9.00. The molecule has 46 heavy (non-hydrogen) atoms. The Morgan fingerprint density at radius 3 is 2.37 bits per heavy atom. The summed E-state index contributed by atoms with van der Waals surface area (Å²) < 4.78 is 8.85. The first-order valence-corrected chi connectivity index (χ1v) is 15.3. The first-order chi connectivity index (χ1) is 21.9. The number of nitrogens with zero attached hydrogens (tertiary/aromatic N) is 2. The lowest BCUT2D eigenvalue weighted by Gasteiger charge is -2.26. The van der Waals surface area contributed by atoms with Gasteiger partial charge >= 0.3 is 11.9 Å². The van der Waals surface area contributed by atoms with Crippen molar-refractivity contribution in [2.75, 3.05) is 5.32 Å². The molecule has 1 aliphatic rings. The van der Waals surface area contributed by atoms with Gasteiger partial charge in [0.25, 0.3) is 0 Å². The number of fused-ring (bicyclic) bond motifs is 2. The number of nitrogens with one attached hydrogen (secondary N) is 2. The Morgan fingerprint density at radius 2 is 1.70 bits per heavy atom. The maximum atomic E-state index is 13.7. The van der Waals surface area contributed by atoms with E-state index in [0.29, 0.717) is 22.1 Å². The molecule has 1 saturated carbocycles. The molecule has 0 radical (unpaired) electrons. The van der Waals surface area contributed by atoms with E-state index in [1.54, 1.807) is 68.3 Å². The molecule has 1 fully saturated rings. The summed E-state index contributed by atoms with van der Waals surface area (Å²) >= 11 is 0. The Bertz CT molecular complexity index is 1990. The third-order valence-electron chi connectivity index (χ3n) is 9.00. The highest BCUT2D eigenvalue weighted by Gasteiger charge is 2.32. The van der Waals surface area contributed by atoms with Crippen LogP contribution in [-0.2, 0) is 23.2 Å². The topological polar surface area (TPSA) is 156 Å². The average Bonchev–Trinajstić information content (AvgIpc) is 3.74. The summed E-state index contributed by atoms with van der Waals surface area (Å²) in [5.41, 5.74) is 3.39. The van der Waals surface area contributed by atoms with E-state index in [4.69, 9.17) is 4.42 Å². The molecule has 0 unspecified atom stereocenters. The van der Waals surface area contributed by atoms with Gasteiger partial charge in [-0.15, -0.1) is 0 Å². The van der Waals surface area contributed by atoms with E-state index in [1.807, 2.05) is 16.7 Å². The number of carbonyl (C=O) groups excluding carboxylic acids is 2. The number of amides is 2. The third kappa shape index (κ3) is 5.64. The summed E-state index contributed by atoms with van der Waals surface area (Å²) in [5, 5.41) is 26.5. The van der Waals surface area contributed by atoms with E-state index in [9.17, 15) is 29.4 Å². The van der Waals surface area contributed by atoms with Gasteiger partial charge in [-0.05, 0) is 80.6 Å². The van der Waals surface area contributed by atoms with Crippen LogP contribution in [0.5, 0.6) is 0 Å². The molecule has 238 valence electrons. The van der Waals surface area contributed by atoms with Gasteiger partial charge in [0, 0.05) is 34.6 Å². The summed E-state index contributed by atoms with van der Waals surface area (Å²) in [4.78, 5) is 50.7. The summed E-state index contributed by atoms with van der Waals surface area (Å²) in [5.74, 6) is -2.75. The van der Waals surface area contributed by atoms with Gasteiger partial charge in [-0.3, -0.25) is 9.59 Å². The van der Waals surface area contributed by atoms with Gasteiger partial charge in [0.1, 0.15) is 17.8 Å². The predicted octanol–water partition coefficient (Wildman–Crippen LogP) is 6.37. The number of aryl methyl sites for hydroxylation is 1. The zero-order valence-electron chi connectivity index (χ0n) is 25.9. The fourth-order valence-corrected chi connectivity index (χ4v) is 6.70. The highest BCUT2D eigenvalue weighted by atomic mass is 16.4. The molecule has 2 amide bonds. The molecule has 0 atom stereocenters. The molecule has 4 N–H and O–H groups in total. The second-order valence-corrected chi connectivity index (χ2v) is 12.5. The van der Waals surface area contributed by atoms with Crippen LogP contribution in [0.25, 0.3) is 33.1 Å². The fraction of sp³-hybridized carbons (Fsp3) is 0.314. The van der Waals surface area contributed by atoms with Crippen molar-refractivity contribution in [3.63, 3.8) is 0 Å². The molecule has 3 aromatic heterocycles. The van der Waals surface area contributed by atoms with Crippen LogP contribution in [-0.4, -0.2) is 48.6 Å². The molecular formula is C35H36N4O7. The Kier molecular flexibility index (Phi) is 7.93. The van der Waals surface area contributed by atoms with Crippen LogP contribution in [0.3, 0.4) is 0 Å². The molecule has 5 aromatic rings. The standard InChI is InChI=1S/C35H36N4O7/c1-35(2,34(45)36-24-10-12-26-23(15-24)17-28(33(43)44)38(26)3)37-29(40)18-39-27-16-21(32(41)42)9-11-25(27)30(20-7-5-4-6-8-20)31(39)22-13-14-46-19-22/h9-17,19-20H,4-8,18H2,1-3H3,(H,36,45)(H,37,40)(H,41,42)(H,43,44). The summed E-state index contributed by atoms with van der Waals surface area (Å²) in [7, 11) is 1.66. The van der Waals surface area contributed by atoms with Crippen molar-refractivity contribution in [3.05, 3.63) is 77.9 Å². The summed E-state index contributed by atoms with van der Waals surface area (Å²) in [6.45, 7) is 3.05. The highest BCUT2D eigenvalue weighted by Crippen LogP contribution is 2.44. The van der Waals surface area contributed by atoms with Crippen LogP contribution in [0, 0.1) is 0 Å². The molecule has 0 saturated heterocycles. The van der Waals surface area contributed by atoms with Crippen LogP contribution in [0.4, 0.5) is 5.69 Å². The molecule has 2 aromatic carbocycles. The maximum absolute atomic E-state index is 13.7. The lowest BCUT2D eigenvalue weighted by Crippen LogP contribution is -2.53. The van der Waals surface area contributed by atoms with Gasteiger partial charge in [-0.25, -0.2) is 9.59 Å². The number of benzene rings is 2. The number of rotatable bonds is 9. The molecule has 11 nitrogen and oxygen atoms in total. The largest absolute Gasteiger partial charge is 0.478 e. The molecule has 0 spiro atoms. The molecular weight excluding hydrogens is 588 g/mol. The number of hydrogen-bond acceptors (Lipinski definition) is 5. The Labute approximate surface area is 264 Å². The van der Waals surface area contributed by atoms with Crippen molar-refractivity contribution in [2.24, 2.45) is 7.05 Å². The van der Waals surface area contributed by atoms with Gasteiger partial charge in [0.05, 0.1) is 29.3 Å². The lowest BCUT2D eigenvalue weighted by molar-refractivity contribution is -0.129. The SMILES string of the molecule is Cn1c(C(=O)O)cc2cc(NC(=O)C(C)(C)NC(=O)Cn3c(-c4ccoc4)c(C4CCCCC4)c4ccc(C(=O)O)cc43)ccc21. The van der Waals surface area contributed by atoms with Gasteiger partial charge in [-0.2, -0.15) is 0 Å². The van der Waals surface area contributed by atoms with Crippen molar-refractivity contribution >= 4 is 51.2 Å². The van der Waals surface area contributed by atoms with E-state index in [-0.39, 0.29) is 23.7 Å². The number of carbonyl (C=O) groups is 4. The maximum Gasteiger partial charge on any atom is 0.352 e. The number of aromatic carboxylic acids is 2. The lowest BCUT2D eigenvalue weighted by atomic mass is 9.82. The fourth-order valence-electron chi connectivity index (χ4n) is 6.70. The van der Waals surface area contributed by atoms with Gasteiger partial charge < -0.3 is 34.4 Å². The first kappa shape index (κ1) is 30.7. The van der Waals surface area contributed by atoms with Crippen LogP contribution in [0.1, 0.15) is 78.3 Å². The van der Waals surface area contributed by atoms with Crippen molar-refractivity contribution < 1.29 is 33.8 Å². The van der Waals surface area contributed by atoms with E-state index < -0.39 is 29.3 Å². The summed E-state index contributed by atoms with van der Waals surface area (Å²) in [6, 6.07) is 13.5. The minimum absolute atomic E-state index is 0.117. The number of carboxylic acids is 2. The second-order valence-electron chi connectivity index (χ2n) is 12.5. The number of carboxylic acid groups (broad SMARTS) is 2. The van der Waals surface area contributed by atoms with Gasteiger partial charge in [0.2, 0.25) is 11.8 Å². The second kappa shape index (κ2) is 11.9. The van der Waals surface area contributed by atoms with Crippen LogP contribution in [0.2, 0.25) is 0 Å². The van der Waals surface area contributed by atoms with Crippen molar-refractivity contribution in [1.29, 1.82) is 0 Å².